The fraction of sp³-hybridized carbons (Fsp3) is 0.323. The molecule has 1 saturated heterocycles. The number of rotatable bonds is 11. The highest BCUT2D eigenvalue weighted by atomic mass is 32.2. The Kier molecular flexibility index (Phi) is 8.72. The number of hydrogen-bond acceptors (Lipinski definition) is 6. The van der Waals surface area contributed by atoms with E-state index < -0.39 is 17.6 Å². The fourth-order valence-electron chi connectivity index (χ4n) is 5.60. The molecule has 3 N–H and O–H groups in total. The van der Waals surface area contributed by atoms with Crippen molar-refractivity contribution >= 4 is 29.7 Å². The largest absolute Gasteiger partial charge is 0.481 e. The van der Waals surface area contributed by atoms with Crippen LogP contribution in [0.4, 0.5) is 4.79 Å². The third-order valence-electron chi connectivity index (χ3n) is 7.47. The lowest BCUT2D eigenvalue weighted by atomic mass is 9.97. The van der Waals surface area contributed by atoms with Gasteiger partial charge >= 0.3 is 12.1 Å². The maximum Gasteiger partial charge on any atom is 0.408 e. The van der Waals surface area contributed by atoms with Crippen LogP contribution in [0.25, 0.3) is 11.1 Å². The number of ether oxygens (including phenoxy) is 1. The second kappa shape index (κ2) is 12.6. The molecule has 1 fully saturated rings. The maximum absolute atomic E-state index is 13.5. The molecule has 0 spiro atoms. The van der Waals surface area contributed by atoms with Gasteiger partial charge in [0.1, 0.15) is 12.1 Å². The first-order valence-electron chi connectivity index (χ1n) is 13.4. The van der Waals surface area contributed by atoms with Gasteiger partial charge in [0.2, 0.25) is 5.91 Å². The molecule has 1 aliphatic heterocycles. The molecule has 0 radical (unpaired) electrons. The number of amides is 2. The lowest BCUT2D eigenvalue weighted by Gasteiger charge is -2.29. The minimum absolute atomic E-state index is 0.0239. The van der Waals surface area contributed by atoms with Crippen molar-refractivity contribution < 1.29 is 24.2 Å². The van der Waals surface area contributed by atoms with Crippen molar-refractivity contribution in [1.29, 1.82) is 0 Å². The molecule has 5 rings (SSSR count). The summed E-state index contributed by atoms with van der Waals surface area (Å²) >= 11 is 1.24. The Hall–Kier alpha value is -3.82. The molecule has 3 aromatic rings. The number of carbonyl (C=O) groups excluding carboxylic acids is 2. The Labute approximate surface area is 238 Å². The molecular formula is C31H33N3O5S. The first kappa shape index (κ1) is 27.7. The first-order valence-corrected chi connectivity index (χ1v) is 14.6. The molecule has 0 aromatic heterocycles. The van der Waals surface area contributed by atoms with Crippen molar-refractivity contribution in [2.75, 3.05) is 37.7 Å². The average molecular weight is 560 g/mol. The zero-order valence-electron chi connectivity index (χ0n) is 22.2. The van der Waals surface area contributed by atoms with E-state index in [1.807, 2.05) is 54.6 Å². The van der Waals surface area contributed by atoms with Gasteiger partial charge < -0.3 is 20.5 Å². The molecule has 2 amide bonds. The molecule has 1 heterocycles. The monoisotopic (exact) mass is 559 g/mol. The van der Waals surface area contributed by atoms with E-state index in [0.717, 1.165) is 27.8 Å². The molecule has 8 nitrogen and oxygen atoms in total. The summed E-state index contributed by atoms with van der Waals surface area (Å²) in [6, 6.07) is 26.3. The topological polar surface area (TPSA) is 108 Å². The van der Waals surface area contributed by atoms with E-state index in [1.54, 1.807) is 0 Å². The van der Waals surface area contributed by atoms with E-state index in [-0.39, 0.29) is 24.2 Å². The Morgan fingerprint density at radius 3 is 2.27 bits per heavy atom. The second-order valence-corrected chi connectivity index (χ2v) is 11.3. The number of thioether (sulfide) groups is 1. The van der Waals surface area contributed by atoms with Crippen LogP contribution in [-0.4, -0.2) is 71.3 Å². The van der Waals surface area contributed by atoms with Crippen molar-refractivity contribution in [3.05, 3.63) is 95.6 Å². The van der Waals surface area contributed by atoms with Gasteiger partial charge in [0.15, 0.2) is 0 Å². The number of carboxylic acid groups (broad SMARTS) is 1. The van der Waals surface area contributed by atoms with Crippen LogP contribution >= 0.6 is 11.8 Å². The Morgan fingerprint density at radius 1 is 0.950 bits per heavy atom. The van der Waals surface area contributed by atoms with Crippen LogP contribution in [0.1, 0.15) is 29.0 Å². The Balaban J connectivity index is 1.25. The normalized spacial score (nSPS) is 18.1. The molecule has 2 aliphatic rings. The lowest BCUT2D eigenvalue weighted by molar-refractivity contribution is -0.134. The average Bonchev–Trinajstić information content (AvgIpc) is 3.51. The number of benzene rings is 3. The zero-order valence-corrected chi connectivity index (χ0v) is 23.0. The van der Waals surface area contributed by atoms with Gasteiger partial charge in [0.05, 0.1) is 5.75 Å². The molecule has 208 valence electrons. The predicted molar refractivity (Wildman–Crippen MR) is 155 cm³/mol. The molecule has 3 aromatic carbocycles. The molecule has 9 heteroatoms. The third kappa shape index (κ3) is 6.32. The Morgan fingerprint density at radius 2 is 1.60 bits per heavy atom. The highest BCUT2D eigenvalue weighted by Gasteiger charge is 2.46. The van der Waals surface area contributed by atoms with Gasteiger partial charge in [-0.2, -0.15) is 0 Å². The SMILES string of the molecule is O=C(O)CSCCNC(=O)C1(NC(=O)OCC2c3ccccc3-c3ccccc32)CCN(Cc2ccccc2)C1. The number of likely N-dealkylation sites (tertiary alicyclic amines) is 1. The van der Waals surface area contributed by atoms with Crippen molar-refractivity contribution in [1.82, 2.24) is 15.5 Å². The number of fused-ring (bicyclic) bond motifs is 3. The van der Waals surface area contributed by atoms with Crippen LogP contribution in [0.3, 0.4) is 0 Å². The van der Waals surface area contributed by atoms with Crippen LogP contribution < -0.4 is 10.6 Å². The summed E-state index contributed by atoms with van der Waals surface area (Å²) in [6.45, 7) is 2.12. The summed E-state index contributed by atoms with van der Waals surface area (Å²) in [5.74, 6) is -0.812. The van der Waals surface area contributed by atoms with Gasteiger partial charge in [-0.15, -0.1) is 11.8 Å². The fourth-order valence-corrected chi connectivity index (χ4v) is 6.17. The number of nitrogens with zero attached hydrogens (tertiary/aromatic N) is 1. The van der Waals surface area contributed by atoms with Gasteiger partial charge in [-0.3, -0.25) is 14.5 Å². The molecular weight excluding hydrogens is 526 g/mol. The molecule has 1 unspecified atom stereocenters. The van der Waals surface area contributed by atoms with E-state index in [9.17, 15) is 14.4 Å². The van der Waals surface area contributed by atoms with Gasteiger partial charge in [-0.1, -0.05) is 78.9 Å². The van der Waals surface area contributed by atoms with Gasteiger partial charge in [0, 0.05) is 37.8 Å². The number of aliphatic carboxylic acids is 1. The van der Waals surface area contributed by atoms with Crippen LogP contribution in [0, 0.1) is 0 Å². The highest BCUT2D eigenvalue weighted by Crippen LogP contribution is 2.44. The minimum atomic E-state index is -1.14. The summed E-state index contributed by atoms with van der Waals surface area (Å²) in [7, 11) is 0. The molecule has 40 heavy (non-hydrogen) atoms. The van der Waals surface area contributed by atoms with Crippen molar-refractivity contribution in [2.24, 2.45) is 0 Å². The molecule has 0 bridgehead atoms. The Bertz CT molecular complexity index is 1320. The van der Waals surface area contributed by atoms with E-state index in [4.69, 9.17) is 9.84 Å². The van der Waals surface area contributed by atoms with E-state index in [1.165, 1.54) is 11.8 Å². The summed E-state index contributed by atoms with van der Waals surface area (Å²) < 4.78 is 5.78. The highest BCUT2D eigenvalue weighted by molar-refractivity contribution is 7.99. The van der Waals surface area contributed by atoms with Crippen molar-refractivity contribution in [3.63, 3.8) is 0 Å². The summed E-state index contributed by atoms with van der Waals surface area (Å²) in [6.07, 6.45) is -0.183. The van der Waals surface area contributed by atoms with Crippen LogP contribution in [0.15, 0.2) is 78.9 Å². The number of carboxylic acids is 1. The lowest BCUT2D eigenvalue weighted by Crippen LogP contribution is -2.60. The summed E-state index contributed by atoms with van der Waals surface area (Å²) in [5.41, 5.74) is 4.53. The minimum Gasteiger partial charge on any atom is -0.481 e. The van der Waals surface area contributed by atoms with Crippen molar-refractivity contribution in [2.45, 2.75) is 24.4 Å². The third-order valence-corrected chi connectivity index (χ3v) is 8.42. The molecule has 1 atom stereocenters. The zero-order chi connectivity index (χ0) is 28.0. The predicted octanol–water partition coefficient (Wildman–Crippen LogP) is 4.10. The quantitative estimate of drug-likeness (QED) is 0.304. The van der Waals surface area contributed by atoms with E-state index >= 15 is 0 Å². The number of nitrogens with one attached hydrogen (secondary N) is 2. The smallest absolute Gasteiger partial charge is 0.408 e. The number of carbonyl (C=O) groups is 3. The van der Waals surface area contributed by atoms with Crippen LogP contribution in [0.5, 0.6) is 0 Å². The second-order valence-electron chi connectivity index (χ2n) is 10.2. The molecule has 1 aliphatic carbocycles. The van der Waals surface area contributed by atoms with Gasteiger partial charge in [0.25, 0.3) is 0 Å². The molecule has 0 saturated carbocycles. The van der Waals surface area contributed by atoms with E-state index in [2.05, 4.69) is 39.8 Å². The van der Waals surface area contributed by atoms with Crippen molar-refractivity contribution in [3.8, 4) is 11.1 Å². The van der Waals surface area contributed by atoms with Crippen LogP contribution in [0.2, 0.25) is 0 Å². The first-order chi connectivity index (χ1) is 19.4. The number of alkyl carbamates (subject to hydrolysis) is 1. The van der Waals surface area contributed by atoms with E-state index in [0.29, 0.717) is 38.4 Å². The standard InChI is InChI=1S/C31H33N3O5S/c35-28(36)20-40-17-15-32-29(37)31(14-16-34(21-31)18-22-8-2-1-3-9-22)33-30(38)39-19-27-25-12-6-4-10-23(25)24-11-5-7-13-26(24)27/h1-13,27H,14-21H2,(H,32,37)(H,33,38)(H,35,36). The van der Waals surface area contributed by atoms with Gasteiger partial charge in [-0.25, -0.2) is 4.79 Å². The van der Waals surface area contributed by atoms with Crippen LogP contribution in [-0.2, 0) is 20.9 Å². The summed E-state index contributed by atoms with van der Waals surface area (Å²) in [4.78, 5) is 39.6. The maximum atomic E-state index is 13.5. The number of hydrogen-bond donors (Lipinski definition) is 3. The van der Waals surface area contributed by atoms with Gasteiger partial charge in [-0.05, 0) is 34.2 Å². The summed E-state index contributed by atoms with van der Waals surface area (Å²) in [5, 5.41) is 14.7.